The minimum absolute atomic E-state index is 0.398. The van der Waals surface area contributed by atoms with Crippen molar-refractivity contribution in [3.8, 4) is 0 Å². The molecule has 1 aromatic carbocycles. The molecule has 0 saturated carbocycles. The number of nitrogens with one attached hydrogen (secondary N) is 1. The van der Waals surface area contributed by atoms with Gasteiger partial charge in [0.1, 0.15) is 0 Å². The third-order valence-corrected chi connectivity index (χ3v) is 2.93. The highest BCUT2D eigenvalue weighted by atomic mass is 16.5. The van der Waals surface area contributed by atoms with Gasteiger partial charge in [0.15, 0.2) is 0 Å². The largest absolute Gasteiger partial charge is 0.383 e. The van der Waals surface area contributed by atoms with Gasteiger partial charge in [-0.25, -0.2) is 0 Å². The quantitative estimate of drug-likeness (QED) is 0.764. The maximum absolute atomic E-state index is 5.24. The lowest BCUT2D eigenvalue weighted by molar-refractivity contribution is 0.145. The molecule has 1 atom stereocenters. The maximum Gasteiger partial charge on any atom is 0.0628 e. The Bertz CT molecular complexity index is 335. The van der Waals surface area contributed by atoms with Gasteiger partial charge in [-0.15, -0.1) is 0 Å². The Kier molecular flexibility index (Phi) is 6.94. The van der Waals surface area contributed by atoms with Crippen molar-refractivity contribution in [1.82, 2.24) is 10.2 Å². The average molecular weight is 250 g/mol. The lowest BCUT2D eigenvalue weighted by Crippen LogP contribution is -2.42. The minimum atomic E-state index is 0.398. The fourth-order valence-corrected chi connectivity index (χ4v) is 2.23. The van der Waals surface area contributed by atoms with E-state index in [1.54, 1.807) is 7.11 Å². The number of ether oxygens (including phenoxy) is 1. The van der Waals surface area contributed by atoms with Gasteiger partial charge in [0.05, 0.1) is 6.61 Å². The smallest absolute Gasteiger partial charge is 0.0628 e. The van der Waals surface area contributed by atoms with Crippen molar-refractivity contribution in [2.75, 3.05) is 33.9 Å². The van der Waals surface area contributed by atoms with Gasteiger partial charge in [-0.1, -0.05) is 36.8 Å². The molecular weight excluding hydrogens is 224 g/mol. The summed E-state index contributed by atoms with van der Waals surface area (Å²) >= 11 is 0. The first-order valence-electron chi connectivity index (χ1n) is 6.62. The lowest BCUT2D eigenvalue weighted by atomic mass is 10.1. The summed E-state index contributed by atoms with van der Waals surface area (Å²) in [5.41, 5.74) is 2.69. The molecule has 3 nitrogen and oxygen atoms in total. The Morgan fingerprint density at radius 3 is 2.78 bits per heavy atom. The van der Waals surface area contributed by atoms with Crippen LogP contribution in [-0.2, 0) is 11.3 Å². The van der Waals surface area contributed by atoms with Crippen LogP contribution in [-0.4, -0.2) is 44.8 Å². The van der Waals surface area contributed by atoms with Crippen LogP contribution >= 0.6 is 0 Å². The van der Waals surface area contributed by atoms with E-state index >= 15 is 0 Å². The molecule has 0 fully saturated rings. The number of aryl methyl sites for hydroxylation is 1. The van der Waals surface area contributed by atoms with E-state index in [9.17, 15) is 0 Å². The van der Waals surface area contributed by atoms with Gasteiger partial charge in [0.2, 0.25) is 0 Å². The SMILES string of the molecule is CCNC(COC)CN(C)Cc1cccc(C)c1. The summed E-state index contributed by atoms with van der Waals surface area (Å²) in [7, 11) is 3.91. The standard InChI is InChI=1S/C15H26N2O/c1-5-16-15(12-18-4)11-17(3)10-14-8-6-7-13(2)9-14/h6-9,15-16H,5,10-12H2,1-4H3. The molecule has 102 valence electrons. The van der Waals surface area contributed by atoms with Crippen LogP contribution < -0.4 is 5.32 Å². The van der Waals surface area contributed by atoms with Gasteiger partial charge >= 0.3 is 0 Å². The Morgan fingerprint density at radius 2 is 2.17 bits per heavy atom. The number of likely N-dealkylation sites (N-methyl/N-ethyl adjacent to an activating group) is 2. The molecule has 0 saturated heterocycles. The van der Waals surface area contributed by atoms with Gasteiger partial charge in [0.25, 0.3) is 0 Å². The number of methoxy groups -OCH3 is 1. The molecule has 1 aromatic rings. The highest BCUT2D eigenvalue weighted by Crippen LogP contribution is 2.07. The summed E-state index contributed by atoms with van der Waals surface area (Å²) in [6.07, 6.45) is 0. The zero-order valence-electron chi connectivity index (χ0n) is 12.1. The van der Waals surface area contributed by atoms with Gasteiger partial charge in [0, 0.05) is 26.2 Å². The van der Waals surface area contributed by atoms with Crippen molar-refractivity contribution in [2.24, 2.45) is 0 Å². The van der Waals surface area contributed by atoms with Crippen LogP contribution in [0.2, 0.25) is 0 Å². The van der Waals surface area contributed by atoms with Gasteiger partial charge in [-0.2, -0.15) is 0 Å². The van der Waals surface area contributed by atoms with E-state index in [0.717, 1.165) is 26.2 Å². The van der Waals surface area contributed by atoms with E-state index in [1.165, 1.54) is 11.1 Å². The molecule has 1 unspecified atom stereocenters. The summed E-state index contributed by atoms with van der Waals surface area (Å²) in [6.45, 7) is 7.97. The summed E-state index contributed by atoms with van der Waals surface area (Å²) in [6, 6.07) is 9.08. The third-order valence-electron chi connectivity index (χ3n) is 2.93. The van der Waals surface area contributed by atoms with E-state index in [4.69, 9.17) is 4.74 Å². The predicted octanol–water partition coefficient (Wildman–Crippen LogP) is 2.05. The molecule has 1 rings (SSSR count). The second-order valence-corrected chi connectivity index (χ2v) is 4.90. The Labute approximate surface area is 111 Å². The molecule has 0 aromatic heterocycles. The Balaban J connectivity index is 2.46. The van der Waals surface area contributed by atoms with Crippen molar-refractivity contribution in [3.05, 3.63) is 35.4 Å². The fourth-order valence-electron chi connectivity index (χ4n) is 2.23. The Morgan fingerprint density at radius 1 is 1.39 bits per heavy atom. The molecule has 18 heavy (non-hydrogen) atoms. The molecule has 0 aliphatic carbocycles. The van der Waals surface area contributed by atoms with E-state index in [-0.39, 0.29) is 0 Å². The van der Waals surface area contributed by atoms with Gasteiger partial charge in [-0.3, -0.25) is 0 Å². The minimum Gasteiger partial charge on any atom is -0.383 e. The predicted molar refractivity (Wildman–Crippen MR) is 76.9 cm³/mol. The normalized spacial score (nSPS) is 12.9. The topological polar surface area (TPSA) is 24.5 Å². The van der Waals surface area contributed by atoms with Crippen LogP contribution in [0.1, 0.15) is 18.1 Å². The van der Waals surface area contributed by atoms with E-state index in [2.05, 4.69) is 55.4 Å². The van der Waals surface area contributed by atoms with Crippen LogP contribution in [0.5, 0.6) is 0 Å². The number of hydrogen-bond acceptors (Lipinski definition) is 3. The molecule has 0 amide bonds. The number of benzene rings is 1. The van der Waals surface area contributed by atoms with Crippen molar-refractivity contribution in [2.45, 2.75) is 26.4 Å². The van der Waals surface area contributed by atoms with Crippen molar-refractivity contribution in [1.29, 1.82) is 0 Å². The van der Waals surface area contributed by atoms with E-state index in [1.807, 2.05) is 0 Å². The zero-order valence-corrected chi connectivity index (χ0v) is 12.1. The van der Waals surface area contributed by atoms with Crippen molar-refractivity contribution < 1.29 is 4.74 Å². The van der Waals surface area contributed by atoms with Crippen LogP contribution in [0, 0.1) is 6.92 Å². The highest BCUT2D eigenvalue weighted by molar-refractivity contribution is 5.21. The first-order valence-corrected chi connectivity index (χ1v) is 6.62. The molecule has 0 radical (unpaired) electrons. The highest BCUT2D eigenvalue weighted by Gasteiger charge is 2.10. The van der Waals surface area contributed by atoms with E-state index in [0.29, 0.717) is 6.04 Å². The first kappa shape index (κ1) is 15.2. The van der Waals surface area contributed by atoms with Gasteiger partial charge in [-0.05, 0) is 26.1 Å². The van der Waals surface area contributed by atoms with Crippen LogP contribution in [0.15, 0.2) is 24.3 Å². The number of hydrogen-bond donors (Lipinski definition) is 1. The molecule has 0 spiro atoms. The summed E-state index contributed by atoms with van der Waals surface area (Å²) in [4.78, 5) is 2.33. The monoisotopic (exact) mass is 250 g/mol. The van der Waals surface area contributed by atoms with Crippen LogP contribution in [0.4, 0.5) is 0 Å². The second-order valence-electron chi connectivity index (χ2n) is 4.90. The summed E-state index contributed by atoms with van der Waals surface area (Å²) in [5.74, 6) is 0. The van der Waals surface area contributed by atoms with Gasteiger partial charge < -0.3 is 15.0 Å². The molecule has 0 bridgehead atoms. The van der Waals surface area contributed by atoms with Crippen LogP contribution in [0.25, 0.3) is 0 Å². The lowest BCUT2D eigenvalue weighted by Gasteiger charge is -2.24. The van der Waals surface area contributed by atoms with Crippen molar-refractivity contribution >= 4 is 0 Å². The second kappa shape index (κ2) is 8.25. The average Bonchev–Trinajstić information content (AvgIpc) is 2.29. The third kappa shape index (κ3) is 5.63. The van der Waals surface area contributed by atoms with E-state index < -0.39 is 0 Å². The molecule has 0 aliphatic rings. The summed E-state index contributed by atoms with van der Waals surface area (Å²) < 4.78 is 5.24. The maximum atomic E-state index is 5.24. The molecule has 0 aliphatic heterocycles. The molecular formula is C15H26N2O. The Hall–Kier alpha value is -0.900. The summed E-state index contributed by atoms with van der Waals surface area (Å²) in [5, 5.41) is 3.44. The molecule has 0 heterocycles. The molecule has 1 N–H and O–H groups in total. The number of rotatable bonds is 8. The van der Waals surface area contributed by atoms with Crippen LogP contribution in [0.3, 0.4) is 0 Å². The van der Waals surface area contributed by atoms with Crippen molar-refractivity contribution in [3.63, 3.8) is 0 Å². The zero-order chi connectivity index (χ0) is 13.4. The number of nitrogens with zero attached hydrogens (tertiary/aromatic N) is 1. The fraction of sp³-hybridized carbons (Fsp3) is 0.600. The first-order chi connectivity index (χ1) is 8.65. The molecule has 3 heteroatoms.